The van der Waals surface area contributed by atoms with Crippen molar-refractivity contribution in [2.75, 3.05) is 19.7 Å². The number of rotatable bonds is 3. The van der Waals surface area contributed by atoms with Crippen LogP contribution in [0.5, 0.6) is 0 Å². The molecule has 1 aliphatic heterocycles. The average molecular weight is 322 g/mol. The first-order valence-electron chi connectivity index (χ1n) is 5.54. The van der Waals surface area contributed by atoms with Crippen molar-refractivity contribution < 1.29 is 22.8 Å². The molecule has 0 saturated carbocycles. The van der Waals surface area contributed by atoms with Gasteiger partial charge in [-0.2, -0.15) is 18.5 Å². The van der Waals surface area contributed by atoms with E-state index < -0.39 is 22.6 Å². The number of nitrogens with two attached hydrogens (primary N) is 1. The maximum Gasteiger partial charge on any atom is 0.380 e. The molecule has 0 unspecified atom stereocenters. The van der Waals surface area contributed by atoms with Crippen LogP contribution < -0.4 is 11.3 Å². The lowest BCUT2D eigenvalue weighted by atomic mass is 10.5. The van der Waals surface area contributed by atoms with Crippen molar-refractivity contribution in [3.8, 4) is 0 Å². The summed E-state index contributed by atoms with van der Waals surface area (Å²) in [5.74, 6) is 4.68. The first-order valence-corrected chi connectivity index (χ1v) is 6.58. The minimum atomic E-state index is -2.71. The predicted octanol–water partition coefficient (Wildman–Crippen LogP) is 0.215. The maximum absolute atomic E-state index is 10.7. The molecule has 1 aliphatic rings. The standard InChI is InChI=1S/C4H10N4O2.C3H4N4O3S/c1-2-3-10-8-7-4(9)6-5;8-3(5-11(9)10)7-2-1-4-6-7/h2-3,5H2,1H3,(H,6,9);1-2H2. The minimum Gasteiger partial charge on any atom is -0.379 e. The van der Waals surface area contributed by atoms with E-state index in [1.54, 1.807) is 5.43 Å². The van der Waals surface area contributed by atoms with Gasteiger partial charge in [0, 0.05) is 5.28 Å². The van der Waals surface area contributed by atoms with Crippen LogP contribution in [0.25, 0.3) is 0 Å². The highest BCUT2D eigenvalue weighted by Crippen LogP contribution is 2.01. The zero-order valence-corrected chi connectivity index (χ0v) is 11.9. The summed E-state index contributed by atoms with van der Waals surface area (Å²) in [5, 5.41) is 13.8. The van der Waals surface area contributed by atoms with Gasteiger partial charge in [-0.25, -0.2) is 15.4 Å². The lowest BCUT2D eigenvalue weighted by molar-refractivity contribution is 0.124. The summed E-state index contributed by atoms with van der Waals surface area (Å²) in [6.45, 7) is 3.05. The maximum atomic E-state index is 10.7. The predicted molar refractivity (Wildman–Crippen MR) is 67.0 cm³/mol. The van der Waals surface area contributed by atoms with Crippen LogP contribution >= 0.6 is 0 Å². The van der Waals surface area contributed by atoms with Gasteiger partial charge >= 0.3 is 22.6 Å². The molecule has 0 atom stereocenters. The number of nitrogens with one attached hydrogen (secondary N) is 1. The molecule has 0 saturated heterocycles. The molecule has 0 radical (unpaired) electrons. The number of carbonyl (C=O) groups is 2. The minimum absolute atomic E-state index is 0.291. The fourth-order valence-electron chi connectivity index (χ4n) is 0.777. The molecule has 118 valence electrons. The van der Waals surface area contributed by atoms with Crippen LogP contribution in [0.3, 0.4) is 0 Å². The number of amides is 4. The van der Waals surface area contributed by atoms with Gasteiger partial charge in [-0.15, -0.1) is 0 Å². The van der Waals surface area contributed by atoms with Crippen molar-refractivity contribution in [3.63, 3.8) is 0 Å². The molecule has 4 amide bonds. The second-order valence-electron chi connectivity index (χ2n) is 3.13. The number of hydrogen-bond donors (Lipinski definition) is 2. The monoisotopic (exact) mass is 322 g/mol. The van der Waals surface area contributed by atoms with E-state index in [-0.39, 0.29) is 0 Å². The zero-order valence-electron chi connectivity index (χ0n) is 11.0. The number of hydrazine groups is 1. The van der Waals surface area contributed by atoms with Crippen molar-refractivity contribution >= 4 is 22.6 Å². The molecule has 1 heterocycles. The summed E-state index contributed by atoms with van der Waals surface area (Å²) in [6.07, 6.45) is 0.823. The Hall–Kier alpha value is -2.48. The Morgan fingerprint density at radius 1 is 1.48 bits per heavy atom. The van der Waals surface area contributed by atoms with Crippen LogP contribution in [0.4, 0.5) is 9.59 Å². The van der Waals surface area contributed by atoms with Crippen molar-refractivity contribution in [1.29, 1.82) is 0 Å². The van der Waals surface area contributed by atoms with E-state index in [0.29, 0.717) is 19.7 Å². The molecule has 0 bridgehead atoms. The van der Waals surface area contributed by atoms with Gasteiger partial charge in [-0.1, -0.05) is 21.6 Å². The molecule has 0 aromatic heterocycles. The first-order chi connectivity index (χ1) is 10.0. The van der Waals surface area contributed by atoms with E-state index in [1.165, 1.54) is 0 Å². The van der Waals surface area contributed by atoms with E-state index in [9.17, 15) is 18.0 Å². The van der Waals surface area contributed by atoms with Gasteiger partial charge in [0.05, 0.1) is 13.1 Å². The quantitative estimate of drug-likeness (QED) is 0.246. The molecule has 0 aromatic rings. The van der Waals surface area contributed by atoms with Gasteiger partial charge in [-0.05, 0) is 6.42 Å². The number of urea groups is 2. The lowest BCUT2D eigenvalue weighted by Crippen LogP contribution is -2.26. The highest BCUT2D eigenvalue weighted by Gasteiger charge is 2.15. The van der Waals surface area contributed by atoms with Crippen LogP contribution in [0, 0.1) is 0 Å². The first kappa shape index (κ1) is 18.5. The SMILES string of the molecule is CCCON=NC(=O)NN.O=C(N=S(=O)=O)N1CCN=N1. The molecule has 0 spiro atoms. The smallest absolute Gasteiger partial charge is 0.379 e. The van der Waals surface area contributed by atoms with Gasteiger partial charge in [0.25, 0.3) is 0 Å². The Morgan fingerprint density at radius 3 is 2.67 bits per heavy atom. The summed E-state index contributed by atoms with van der Waals surface area (Å²) in [6, 6.07) is -1.63. The van der Waals surface area contributed by atoms with Gasteiger partial charge in [0.15, 0.2) is 0 Å². The third kappa shape index (κ3) is 10.0. The third-order valence-electron chi connectivity index (χ3n) is 1.56. The van der Waals surface area contributed by atoms with Gasteiger partial charge in [-0.3, -0.25) is 5.43 Å². The topological polar surface area (TPSA) is 181 Å². The molecule has 13 nitrogen and oxygen atoms in total. The van der Waals surface area contributed by atoms with Crippen LogP contribution in [0.2, 0.25) is 0 Å². The Kier molecular flexibility index (Phi) is 10.0. The largest absolute Gasteiger partial charge is 0.380 e. The fraction of sp³-hybridized carbons (Fsp3) is 0.714. The molecule has 1 rings (SSSR count). The summed E-state index contributed by atoms with van der Waals surface area (Å²) < 4.78 is 22.5. The number of carbonyl (C=O) groups excluding carboxylic acids is 2. The van der Waals surface area contributed by atoms with E-state index in [4.69, 9.17) is 0 Å². The van der Waals surface area contributed by atoms with Crippen LogP contribution in [0.1, 0.15) is 13.3 Å². The van der Waals surface area contributed by atoms with Crippen LogP contribution in [-0.4, -0.2) is 45.2 Å². The normalized spacial score (nSPS) is 12.6. The average Bonchev–Trinajstić information content (AvgIpc) is 2.97. The summed E-state index contributed by atoms with van der Waals surface area (Å²) >= 11 is 0. The fourth-order valence-corrected chi connectivity index (χ4v) is 0.999. The highest BCUT2D eigenvalue weighted by atomic mass is 32.2. The van der Waals surface area contributed by atoms with Crippen LogP contribution in [-0.2, 0) is 15.3 Å². The van der Waals surface area contributed by atoms with E-state index in [2.05, 4.69) is 35.8 Å². The molecule has 0 aliphatic carbocycles. The molecular weight excluding hydrogens is 308 g/mol. The Labute approximate surface area is 120 Å². The van der Waals surface area contributed by atoms with Gasteiger partial charge in [0.1, 0.15) is 6.61 Å². The zero-order chi connectivity index (χ0) is 16.1. The van der Waals surface area contributed by atoms with Gasteiger partial charge in [0.2, 0.25) is 0 Å². The van der Waals surface area contributed by atoms with E-state index in [0.717, 1.165) is 11.4 Å². The molecule has 21 heavy (non-hydrogen) atoms. The highest BCUT2D eigenvalue weighted by molar-refractivity contribution is 7.62. The summed E-state index contributed by atoms with van der Waals surface area (Å²) in [7, 11) is -2.71. The van der Waals surface area contributed by atoms with Crippen molar-refractivity contribution in [2.24, 2.45) is 30.9 Å². The number of nitrogens with zero attached hydrogens (tertiary/aromatic N) is 6. The van der Waals surface area contributed by atoms with Crippen molar-refractivity contribution in [2.45, 2.75) is 13.3 Å². The Morgan fingerprint density at radius 2 is 2.19 bits per heavy atom. The Balaban J connectivity index is 0.000000384. The summed E-state index contributed by atoms with van der Waals surface area (Å²) in [4.78, 5) is 25.4. The van der Waals surface area contributed by atoms with Crippen molar-refractivity contribution in [3.05, 3.63) is 0 Å². The lowest BCUT2D eigenvalue weighted by Gasteiger charge is -2.01. The number of hydrogen-bond acceptors (Lipinski definition) is 9. The molecular formula is C7H14N8O5S. The second-order valence-corrected chi connectivity index (χ2v) is 3.75. The molecule has 0 fully saturated rings. The molecule has 14 heteroatoms. The molecule has 3 N–H and O–H groups in total. The molecule has 0 aromatic carbocycles. The van der Waals surface area contributed by atoms with E-state index in [1.807, 2.05) is 6.92 Å². The summed E-state index contributed by atoms with van der Waals surface area (Å²) in [5.41, 5.74) is 1.76. The van der Waals surface area contributed by atoms with E-state index >= 15 is 0 Å². The second kappa shape index (κ2) is 11.4. The third-order valence-corrected chi connectivity index (χ3v) is 1.87. The Bertz CT molecular complexity index is 521. The van der Waals surface area contributed by atoms with Crippen LogP contribution in [0.15, 0.2) is 25.1 Å². The van der Waals surface area contributed by atoms with Crippen molar-refractivity contribution in [1.82, 2.24) is 10.4 Å². The van der Waals surface area contributed by atoms with Gasteiger partial charge < -0.3 is 4.84 Å².